The fraction of sp³-hybridized carbons (Fsp3) is 0.458. The Morgan fingerprint density at radius 2 is 2.09 bits per heavy atom. The van der Waals surface area contributed by atoms with Gasteiger partial charge in [0.15, 0.2) is 11.5 Å². The highest BCUT2D eigenvalue weighted by atomic mass is 32.2. The van der Waals surface area contributed by atoms with E-state index in [0.29, 0.717) is 12.2 Å². The summed E-state index contributed by atoms with van der Waals surface area (Å²) in [5.74, 6) is -0.237. The molecule has 2 N–H and O–H groups in total. The number of imidazole rings is 1. The standard InChI is InChI=1S/C24H31N5O3S/c1-24(2,29(3)12-13-33(4,31)32)18-10-11-21(20(14-18)17-8-6-5-7-9-17)28-23(30)22-26-16-19(15-25)27-22/h8,10-11,14,16H,5-7,9,12-13H2,1-4H3,(H,26,27)(H,28,30). The molecule has 0 saturated heterocycles. The Hall–Kier alpha value is -2.96. The Kier molecular flexibility index (Phi) is 7.40. The molecule has 1 aliphatic rings. The number of hydrogen-bond acceptors (Lipinski definition) is 6. The van der Waals surface area contributed by atoms with Gasteiger partial charge in [-0.3, -0.25) is 9.69 Å². The van der Waals surface area contributed by atoms with E-state index in [1.807, 2.05) is 30.1 Å². The van der Waals surface area contributed by atoms with Crippen molar-refractivity contribution in [2.75, 3.05) is 30.9 Å². The SMILES string of the molecule is CN(CCS(C)(=O)=O)C(C)(C)c1ccc(NC(=O)c2nc(C#N)c[nH]2)c(C2=CCCCC2)c1. The molecule has 3 rings (SSSR count). The fourth-order valence-electron chi connectivity index (χ4n) is 3.86. The van der Waals surface area contributed by atoms with Crippen LogP contribution in [-0.2, 0) is 15.4 Å². The molecule has 1 heterocycles. The lowest BCUT2D eigenvalue weighted by atomic mass is 9.86. The van der Waals surface area contributed by atoms with Gasteiger partial charge in [0.1, 0.15) is 15.9 Å². The molecule has 0 aliphatic heterocycles. The third kappa shape index (κ3) is 6.09. The monoisotopic (exact) mass is 469 g/mol. The van der Waals surface area contributed by atoms with E-state index in [4.69, 9.17) is 5.26 Å². The molecule has 0 fully saturated rings. The van der Waals surface area contributed by atoms with Gasteiger partial charge in [-0.05, 0) is 69.8 Å². The first-order valence-electron chi connectivity index (χ1n) is 11.0. The van der Waals surface area contributed by atoms with Gasteiger partial charge >= 0.3 is 0 Å². The van der Waals surface area contributed by atoms with Gasteiger partial charge in [-0.1, -0.05) is 12.1 Å². The number of carbonyl (C=O) groups is 1. The third-order valence-corrected chi connectivity index (χ3v) is 7.19. The molecule has 33 heavy (non-hydrogen) atoms. The van der Waals surface area contributed by atoms with Crippen molar-refractivity contribution in [2.45, 2.75) is 45.1 Å². The molecule has 1 aliphatic carbocycles. The van der Waals surface area contributed by atoms with Crippen molar-refractivity contribution in [3.8, 4) is 6.07 Å². The van der Waals surface area contributed by atoms with Crippen molar-refractivity contribution >= 4 is 27.0 Å². The molecule has 176 valence electrons. The molecule has 1 aromatic carbocycles. The lowest BCUT2D eigenvalue weighted by Crippen LogP contribution is -2.41. The predicted molar refractivity (Wildman–Crippen MR) is 130 cm³/mol. The van der Waals surface area contributed by atoms with E-state index in [2.05, 4.69) is 41.3 Å². The number of sulfone groups is 1. The van der Waals surface area contributed by atoms with Gasteiger partial charge in [0.25, 0.3) is 5.91 Å². The predicted octanol–water partition coefficient (Wildman–Crippen LogP) is 3.70. The quantitative estimate of drug-likeness (QED) is 0.608. The molecule has 9 heteroatoms. The highest BCUT2D eigenvalue weighted by Gasteiger charge is 2.28. The number of aromatic nitrogens is 2. The van der Waals surface area contributed by atoms with Crippen molar-refractivity contribution in [3.63, 3.8) is 0 Å². The van der Waals surface area contributed by atoms with Gasteiger partial charge in [-0.25, -0.2) is 13.4 Å². The Balaban J connectivity index is 1.94. The topological polar surface area (TPSA) is 119 Å². The van der Waals surface area contributed by atoms with Gasteiger partial charge in [0.05, 0.1) is 5.75 Å². The number of rotatable bonds is 8. The summed E-state index contributed by atoms with van der Waals surface area (Å²) in [6, 6.07) is 7.85. The van der Waals surface area contributed by atoms with Crippen LogP contribution in [0.1, 0.15) is 67.0 Å². The summed E-state index contributed by atoms with van der Waals surface area (Å²) in [4.78, 5) is 21.5. The van der Waals surface area contributed by atoms with Crippen LogP contribution in [-0.4, -0.2) is 54.8 Å². The van der Waals surface area contributed by atoms with Crippen LogP contribution < -0.4 is 5.32 Å². The Morgan fingerprint density at radius 3 is 2.70 bits per heavy atom. The number of nitrogens with one attached hydrogen (secondary N) is 2. The third-order valence-electron chi connectivity index (χ3n) is 6.27. The summed E-state index contributed by atoms with van der Waals surface area (Å²) in [6.07, 6.45) is 9.03. The second kappa shape index (κ2) is 9.89. The molecule has 0 bridgehead atoms. The molecule has 0 spiro atoms. The molecular formula is C24H31N5O3S. The minimum Gasteiger partial charge on any atom is -0.339 e. The molecule has 1 aromatic heterocycles. The second-order valence-corrected chi connectivity index (χ2v) is 11.3. The number of benzene rings is 1. The van der Waals surface area contributed by atoms with Crippen molar-refractivity contribution in [1.29, 1.82) is 5.26 Å². The zero-order valence-electron chi connectivity index (χ0n) is 19.6. The van der Waals surface area contributed by atoms with Crippen LogP contribution in [0.2, 0.25) is 0 Å². The highest BCUT2D eigenvalue weighted by Crippen LogP contribution is 2.36. The number of hydrogen-bond donors (Lipinski definition) is 2. The molecule has 2 aromatic rings. The molecule has 0 saturated carbocycles. The van der Waals surface area contributed by atoms with Gasteiger partial charge in [0, 0.05) is 35.8 Å². The zero-order chi connectivity index (χ0) is 24.2. The first-order chi connectivity index (χ1) is 15.5. The number of nitrogens with zero attached hydrogens (tertiary/aromatic N) is 3. The first kappa shape index (κ1) is 24.7. The largest absolute Gasteiger partial charge is 0.339 e. The molecule has 1 amide bonds. The first-order valence-corrected chi connectivity index (χ1v) is 13.1. The van der Waals surface area contributed by atoms with E-state index in [1.165, 1.54) is 18.0 Å². The van der Waals surface area contributed by atoms with E-state index >= 15 is 0 Å². The van der Waals surface area contributed by atoms with Gasteiger partial charge in [-0.15, -0.1) is 0 Å². The van der Waals surface area contributed by atoms with Crippen LogP contribution in [0.4, 0.5) is 5.69 Å². The van der Waals surface area contributed by atoms with E-state index in [0.717, 1.165) is 36.8 Å². The molecule has 8 nitrogen and oxygen atoms in total. The molecule has 0 atom stereocenters. The lowest BCUT2D eigenvalue weighted by molar-refractivity contribution is 0.101. The molecule has 0 unspecified atom stereocenters. The maximum Gasteiger partial charge on any atom is 0.291 e. The van der Waals surface area contributed by atoms with Gasteiger partial charge in [-0.2, -0.15) is 5.26 Å². The Bertz CT molecular complexity index is 1200. The average molecular weight is 470 g/mol. The van der Waals surface area contributed by atoms with Crippen LogP contribution in [0.25, 0.3) is 5.57 Å². The summed E-state index contributed by atoms with van der Waals surface area (Å²) in [5, 5.41) is 11.9. The maximum atomic E-state index is 12.7. The number of allylic oxidation sites excluding steroid dienone is 2. The summed E-state index contributed by atoms with van der Waals surface area (Å²) in [6.45, 7) is 4.55. The summed E-state index contributed by atoms with van der Waals surface area (Å²) in [5.41, 5.74) is 3.59. The highest BCUT2D eigenvalue weighted by molar-refractivity contribution is 7.90. The number of nitriles is 1. The number of aromatic amines is 1. The van der Waals surface area contributed by atoms with Crippen LogP contribution in [0.5, 0.6) is 0 Å². The van der Waals surface area contributed by atoms with Crippen molar-refractivity contribution in [1.82, 2.24) is 14.9 Å². The van der Waals surface area contributed by atoms with Gasteiger partial charge < -0.3 is 10.3 Å². The fourth-order valence-corrected chi connectivity index (χ4v) is 4.47. The van der Waals surface area contributed by atoms with Crippen molar-refractivity contribution in [3.05, 3.63) is 53.1 Å². The summed E-state index contributed by atoms with van der Waals surface area (Å²) >= 11 is 0. The van der Waals surface area contributed by atoms with Crippen LogP contribution in [0, 0.1) is 11.3 Å². The van der Waals surface area contributed by atoms with Crippen molar-refractivity contribution < 1.29 is 13.2 Å². The Labute approximate surface area is 195 Å². The number of amides is 1. The normalized spacial score (nSPS) is 14.6. The van der Waals surface area contributed by atoms with Crippen LogP contribution in [0.3, 0.4) is 0 Å². The van der Waals surface area contributed by atoms with Crippen LogP contribution >= 0.6 is 0 Å². The summed E-state index contributed by atoms with van der Waals surface area (Å²) < 4.78 is 23.3. The summed E-state index contributed by atoms with van der Waals surface area (Å²) in [7, 11) is -1.14. The van der Waals surface area contributed by atoms with Gasteiger partial charge in [0.2, 0.25) is 0 Å². The molecular weight excluding hydrogens is 438 g/mol. The maximum absolute atomic E-state index is 12.7. The number of anilines is 1. The Morgan fingerprint density at radius 1 is 1.33 bits per heavy atom. The van der Waals surface area contributed by atoms with Crippen LogP contribution in [0.15, 0.2) is 30.5 Å². The van der Waals surface area contributed by atoms with Crippen molar-refractivity contribution in [2.24, 2.45) is 0 Å². The van der Waals surface area contributed by atoms with E-state index in [-0.39, 0.29) is 17.3 Å². The average Bonchev–Trinajstić information content (AvgIpc) is 3.27. The number of H-pyrrole nitrogens is 1. The smallest absolute Gasteiger partial charge is 0.291 e. The number of carbonyl (C=O) groups excluding carboxylic acids is 1. The lowest BCUT2D eigenvalue weighted by Gasteiger charge is -2.36. The minimum atomic E-state index is -3.06. The second-order valence-electron chi connectivity index (χ2n) is 9.05. The van der Waals surface area contributed by atoms with E-state index in [1.54, 1.807) is 0 Å². The minimum absolute atomic E-state index is 0.0834. The van der Waals surface area contributed by atoms with E-state index < -0.39 is 21.3 Å². The zero-order valence-corrected chi connectivity index (χ0v) is 20.4. The molecule has 0 radical (unpaired) electrons. The van der Waals surface area contributed by atoms with E-state index in [9.17, 15) is 13.2 Å².